The maximum Gasteiger partial charge on any atom is 0.0979 e. The highest BCUT2D eigenvalue weighted by atomic mass is 35.5. The van der Waals surface area contributed by atoms with E-state index in [-0.39, 0.29) is 6.04 Å². The van der Waals surface area contributed by atoms with Gasteiger partial charge in [0, 0.05) is 16.5 Å². The maximum absolute atomic E-state index is 6.00. The first kappa shape index (κ1) is 12.6. The Bertz CT molecular complexity index is 705. The zero-order valence-electron chi connectivity index (χ0n) is 10.0. The fourth-order valence-corrected chi connectivity index (χ4v) is 3.28. The molecule has 0 aliphatic carbocycles. The predicted molar refractivity (Wildman–Crippen MR) is 80.2 cm³/mol. The molecular formula is C14H12ClN3S. The number of benzene rings is 1. The zero-order chi connectivity index (χ0) is 13.2. The number of halogens is 1. The lowest BCUT2D eigenvalue weighted by Gasteiger charge is -2.15. The minimum atomic E-state index is -0.149. The molecule has 0 saturated carbocycles. The van der Waals surface area contributed by atoms with Gasteiger partial charge in [-0.15, -0.1) is 11.3 Å². The largest absolute Gasteiger partial charge is 0.270 e. The summed E-state index contributed by atoms with van der Waals surface area (Å²) in [7, 11) is 0. The van der Waals surface area contributed by atoms with E-state index >= 15 is 0 Å². The topological polar surface area (TPSA) is 50.9 Å². The molecule has 1 unspecified atom stereocenters. The van der Waals surface area contributed by atoms with Crippen molar-refractivity contribution in [3.05, 3.63) is 63.6 Å². The van der Waals surface area contributed by atoms with Crippen molar-refractivity contribution in [2.24, 2.45) is 5.84 Å². The molecule has 0 amide bonds. The van der Waals surface area contributed by atoms with Gasteiger partial charge in [0.25, 0.3) is 0 Å². The maximum atomic E-state index is 6.00. The van der Waals surface area contributed by atoms with Crippen LogP contribution in [0.15, 0.2) is 48.7 Å². The third-order valence-corrected chi connectivity index (χ3v) is 4.32. The van der Waals surface area contributed by atoms with Crippen LogP contribution in [-0.2, 0) is 0 Å². The van der Waals surface area contributed by atoms with E-state index in [9.17, 15) is 0 Å². The number of rotatable bonds is 3. The van der Waals surface area contributed by atoms with Crippen molar-refractivity contribution in [3.63, 3.8) is 0 Å². The molecule has 19 heavy (non-hydrogen) atoms. The number of pyridine rings is 1. The van der Waals surface area contributed by atoms with E-state index in [0.717, 1.165) is 25.7 Å². The number of nitrogens with one attached hydrogen (secondary N) is 1. The van der Waals surface area contributed by atoms with Gasteiger partial charge in [-0.2, -0.15) is 0 Å². The molecule has 0 aliphatic heterocycles. The molecule has 5 heteroatoms. The van der Waals surface area contributed by atoms with Crippen molar-refractivity contribution < 1.29 is 0 Å². The highest BCUT2D eigenvalue weighted by molar-refractivity contribution is 7.16. The minimum Gasteiger partial charge on any atom is -0.270 e. The lowest BCUT2D eigenvalue weighted by atomic mass is 10.0. The van der Waals surface area contributed by atoms with Crippen LogP contribution in [0.5, 0.6) is 0 Å². The molecule has 0 spiro atoms. The Morgan fingerprint density at radius 1 is 1.16 bits per heavy atom. The van der Waals surface area contributed by atoms with Gasteiger partial charge in [0.15, 0.2) is 0 Å². The molecule has 2 aromatic heterocycles. The van der Waals surface area contributed by atoms with Gasteiger partial charge in [-0.25, -0.2) is 5.43 Å². The summed E-state index contributed by atoms with van der Waals surface area (Å²) in [6.45, 7) is 0. The number of hydrogen-bond acceptors (Lipinski definition) is 4. The average Bonchev–Trinajstić information content (AvgIpc) is 2.86. The van der Waals surface area contributed by atoms with Crippen molar-refractivity contribution in [2.75, 3.05) is 0 Å². The molecular weight excluding hydrogens is 278 g/mol. The fraction of sp³-hybridized carbons (Fsp3) is 0.0714. The minimum absolute atomic E-state index is 0.149. The van der Waals surface area contributed by atoms with Crippen LogP contribution < -0.4 is 11.3 Å². The van der Waals surface area contributed by atoms with Gasteiger partial charge >= 0.3 is 0 Å². The van der Waals surface area contributed by atoms with E-state index in [4.69, 9.17) is 17.4 Å². The van der Waals surface area contributed by atoms with Gasteiger partial charge in [-0.1, -0.05) is 35.9 Å². The molecule has 0 bridgehead atoms. The summed E-state index contributed by atoms with van der Waals surface area (Å²) in [6, 6.07) is 13.8. The Morgan fingerprint density at radius 2 is 2.00 bits per heavy atom. The monoisotopic (exact) mass is 289 g/mol. The number of hydrogen-bond donors (Lipinski definition) is 2. The third kappa shape index (κ3) is 2.35. The van der Waals surface area contributed by atoms with Crippen LogP contribution in [0.2, 0.25) is 4.34 Å². The second-order valence-corrected chi connectivity index (χ2v) is 5.91. The van der Waals surface area contributed by atoms with Crippen LogP contribution in [0.1, 0.15) is 16.6 Å². The molecule has 3 aromatic rings. The van der Waals surface area contributed by atoms with Crippen molar-refractivity contribution in [1.82, 2.24) is 10.4 Å². The van der Waals surface area contributed by atoms with Gasteiger partial charge in [0.1, 0.15) is 0 Å². The van der Waals surface area contributed by atoms with E-state index in [1.807, 2.05) is 30.3 Å². The molecule has 3 N–H and O–H groups in total. The summed E-state index contributed by atoms with van der Waals surface area (Å²) in [5, 5.41) is 2.24. The molecule has 3 rings (SSSR count). The van der Waals surface area contributed by atoms with Gasteiger partial charge in [-0.05, 0) is 23.6 Å². The number of aromatic nitrogens is 1. The van der Waals surface area contributed by atoms with Crippen molar-refractivity contribution in [2.45, 2.75) is 6.04 Å². The second kappa shape index (κ2) is 5.27. The molecule has 3 nitrogen and oxygen atoms in total. The highest BCUT2D eigenvalue weighted by Gasteiger charge is 2.18. The SMILES string of the molecule is NNC(c1ccc(Cl)s1)c1nccc2ccccc12. The summed E-state index contributed by atoms with van der Waals surface area (Å²) in [4.78, 5) is 5.54. The molecule has 0 fully saturated rings. The van der Waals surface area contributed by atoms with Crippen LogP contribution in [0.4, 0.5) is 0 Å². The van der Waals surface area contributed by atoms with E-state index < -0.39 is 0 Å². The smallest absolute Gasteiger partial charge is 0.0979 e. The fourth-order valence-electron chi connectivity index (χ4n) is 2.15. The standard InChI is InChI=1S/C14H12ClN3S/c15-12-6-5-11(19-12)14(18-16)13-10-4-2-1-3-9(10)7-8-17-13/h1-8,14,18H,16H2. The quantitative estimate of drug-likeness (QED) is 0.573. The van der Waals surface area contributed by atoms with E-state index in [1.165, 1.54) is 11.3 Å². The Labute approximate surface area is 120 Å². The summed E-state index contributed by atoms with van der Waals surface area (Å²) < 4.78 is 0.746. The Balaban J connectivity index is 2.16. The number of thiophene rings is 1. The number of hydrazine groups is 1. The molecule has 0 radical (unpaired) electrons. The van der Waals surface area contributed by atoms with Crippen molar-refractivity contribution >= 4 is 33.7 Å². The van der Waals surface area contributed by atoms with Crippen LogP contribution in [-0.4, -0.2) is 4.98 Å². The average molecular weight is 290 g/mol. The van der Waals surface area contributed by atoms with E-state index in [1.54, 1.807) is 6.20 Å². The Hall–Kier alpha value is -1.46. The second-order valence-electron chi connectivity index (χ2n) is 4.16. The van der Waals surface area contributed by atoms with Crippen LogP contribution in [0, 0.1) is 0 Å². The number of fused-ring (bicyclic) bond motifs is 1. The van der Waals surface area contributed by atoms with Crippen LogP contribution in [0.3, 0.4) is 0 Å². The number of nitrogens with zero attached hydrogens (tertiary/aromatic N) is 1. The van der Waals surface area contributed by atoms with Gasteiger partial charge in [0.05, 0.1) is 16.1 Å². The lowest BCUT2D eigenvalue weighted by Crippen LogP contribution is -2.29. The Morgan fingerprint density at radius 3 is 2.74 bits per heavy atom. The first-order chi connectivity index (χ1) is 9.29. The van der Waals surface area contributed by atoms with E-state index in [0.29, 0.717) is 0 Å². The molecule has 2 heterocycles. The molecule has 0 aliphatic rings. The summed E-state index contributed by atoms with van der Waals surface area (Å²) in [6.07, 6.45) is 1.80. The molecule has 1 aromatic carbocycles. The molecule has 1 atom stereocenters. The van der Waals surface area contributed by atoms with Crippen molar-refractivity contribution in [1.29, 1.82) is 0 Å². The molecule has 0 saturated heterocycles. The van der Waals surface area contributed by atoms with Crippen LogP contribution >= 0.6 is 22.9 Å². The molecule has 96 valence electrons. The van der Waals surface area contributed by atoms with Crippen molar-refractivity contribution in [3.8, 4) is 0 Å². The third-order valence-electron chi connectivity index (χ3n) is 3.02. The lowest BCUT2D eigenvalue weighted by molar-refractivity contribution is 0.635. The van der Waals surface area contributed by atoms with E-state index in [2.05, 4.69) is 22.5 Å². The first-order valence-corrected chi connectivity index (χ1v) is 7.04. The van der Waals surface area contributed by atoms with Crippen LogP contribution in [0.25, 0.3) is 10.8 Å². The Kier molecular flexibility index (Phi) is 3.48. The highest BCUT2D eigenvalue weighted by Crippen LogP contribution is 2.32. The summed E-state index contributed by atoms with van der Waals surface area (Å²) in [5.41, 5.74) is 3.75. The van der Waals surface area contributed by atoms with Gasteiger partial charge in [0.2, 0.25) is 0 Å². The van der Waals surface area contributed by atoms with Gasteiger partial charge in [-0.3, -0.25) is 10.8 Å². The zero-order valence-corrected chi connectivity index (χ0v) is 11.6. The predicted octanol–water partition coefficient (Wildman–Crippen LogP) is 3.50. The first-order valence-electron chi connectivity index (χ1n) is 5.84. The summed E-state index contributed by atoms with van der Waals surface area (Å²) >= 11 is 7.50. The number of nitrogens with two attached hydrogens (primary N) is 1. The van der Waals surface area contributed by atoms with Gasteiger partial charge < -0.3 is 0 Å². The normalized spacial score (nSPS) is 12.7. The summed E-state index contributed by atoms with van der Waals surface area (Å²) in [5.74, 6) is 5.71.